The number of carbonyl (C=O) groups is 1. The topological polar surface area (TPSA) is 41.5 Å². The average molecular weight is 373 g/mol. The highest BCUT2D eigenvalue weighted by molar-refractivity contribution is 9.10. The van der Waals surface area contributed by atoms with Crippen molar-refractivity contribution in [3.63, 3.8) is 0 Å². The lowest BCUT2D eigenvalue weighted by molar-refractivity contribution is -0.123. The number of fused-ring (bicyclic) bond motifs is 1. The number of nitrogens with one attached hydrogen (secondary N) is 1. The summed E-state index contributed by atoms with van der Waals surface area (Å²) in [5.74, 6) is -0.431. The number of aliphatic imine (C=N–C) groups is 1. The summed E-state index contributed by atoms with van der Waals surface area (Å²) >= 11 is 3.45. The second kappa shape index (κ2) is 5.27. The Hall–Kier alpha value is -2.01. The fourth-order valence-corrected chi connectivity index (χ4v) is 3.46. The van der Waals surface area contributed by atoms with E-state index in [4.69, 9.17) is 4.99 Å². The fraction of sp³-hybridized carbons (Fsp3) is 0.222. The third-order valence-corrected chi connectivity index (χ3v) is 5.04. The molecule has 3 nitrogen and oxygen atoms in total. The summed E-state index contributed by atoms with van der Waals surface area (Å²) in [5, 5.41) is 2.96. The molecule has 116 valence electrons. The van der Waals surface area contributed by atoms with Crippen LogP contribution in [0.4, 0.5) is 10.1 Å². The van der Waals surface area contributed by atoms with E-state index < -0.39 is 5.54 Å². The second-order valence-corrected chi connectivity index (χ2v) is 6.89. The molecule has 2 aromatic carbocycles. The molecule has 0 atom stereocenters. The first-order valence-corrected chi connectivity index (χ1v) is 8.34. The van der Waals surface area contributed by atoms with E-state index in [2.05, 4.69) is 21.2 Å². The van der Waals surface area contributed by atoms with E-state index >= 15 is 0 Å². The monoisotopic (exact) mass is 372 g/mol. The van der Waals surface area contributed by atoms with Crippen LogP contribution < -0.4 is 5.32 Å². The van der Waals surface area contributed by atoms with Crippen LogP contribution in [0.25, 0.3) is 0 Å². The highest BCUT2D eigenvalue weighted by Crippen LogP contribution is 2.41. The quantitative estimate of drug-likeness (QED) is 0.796. The molecular weight excluding hydrogens is 359 g/mol. The van der Waals surface area contributed by atoms with Crippen LogP contribution in [0.2, 0.25) is 0 Å². The number of hydrogen-bond donors (Lipinski definition) is 1. The Balaban J connectivity index is 1.99. The Labute approximate surface area is 141 Å². The number of nitrogens with zero attached hydrogens (tertiary/aromatic N) is 1. The van der Waals surface area contributed by atoms with Crippen molar-refractivity contribution >= 4 is 33.2 Å². The van der Waals surface area contributed by atoms with Crippen LogP contribution >= 0.6 is 15.9 Å². The summed E-state index contributed by atoms with van der Waals surface area (Å²) < 4.78 is 15.2. The van der Waals surface area contributed by atoms with Gasteiger partial charge in [-0.25, -0.2) is 4.39 Å². The van der Waals surface area contributed by atoms with Gasteiger partial charge >= 0.3 is 0 Å². The molecule has 0 aromatic heterocycles. The van der Waals surface area contributed by atoms with Gasteiger partial charge in [-0.15, -0.1) is 0 Å². The van der Waals surface area contributed by atoms with Gasteiger partial charge in [-0.2, -0.15) is 0 Å². The van der Waals surface area contributed by atoms with E-state index in [-0.39, 0.29) is 11.7 Å². The minimum absolute atomic E-state index is 0.0985. The van der Waals surface area contributed by atoms with Gasteiger partial charge in [0.05, 0.1) is 11.4 Å². The molecule has 5 heteroatoms. The first-order valence-electron chi connectivity index (χ1n) is 7.55. The van der Waals surface area contributed by atoms with Gasteiger partial charge in [-0.05, 0) is 49.6 Å². The summed E-state index contributed by atoms with van der Waals surface area (Å²) in [5.41, 5.74) is 1.61. The molecule has 23 heavy (non-hydrogen) atoms. The SMILES string of the molecule is O=C1Nc2ccc(Br)cc2C(c2ccccc2F)=NC12CCC2. The predicted octanol–water partition coefficient (Wildman–Crippen LogP) is 4.30. The molecule has 1 saturated carbocycles. The Kier molecular flexibility index (Phi) is 3.34. The van der Waals surface area contributed by atoms with Crippen LogP contribution in [-0.4, -0.2) is 17.2 Å². The maximum absolute atomic E-state index is 14.4. The van der Waals surface area contributed by atoms with Gasteiger partial charge in [-0.3, -0.25) is 9.79 Å². The van der Waals surface area contributed by atoms with Gasteiger partial charge in [0.1, 0.15) is 11.4 Å². The molecular formula is C18H14BrFN2O. The maximum Gasteiger partial charge on any atom is 0.252 e. The summed E-state index contributed by atoms with van der Waals surface area (Å²) in [6.07, 6.45) is 2.36. The van der Waals surface area contributed by atoms with Crippen LogP contribution in [0, 0.1) is 5.82 Å². The van der Waals surface area contributed by atoms with E-state index in [0.29, 0.717) is 29.8 Å². The molecule has 1 aliphatic carbocycles. The fourth-order valence-electron chi connectivity index (χ4n) is 3.09. The molecule has 1 heterocycles. The zero-order chi connectivity index (χ0) is 16.0. The van der Waals surface area contributed by atoms with Crippen molar-refractivity contribution in [2.45, 2.75) is 24.8 Å². The molecule has 1 spiro atoms. The van der Waals surface area contributed by atoms with Crippen LogP contribution in [0.15, 0.2) is 51.9 Å². The zero-order valence-electron chi connectivity index (χ0n) is 12.3. The van der Waals surface area contributed by atoms with E-state index in [1.54, 1.807) is 18.2 Å². The average Bonchev–Trinajstić information content (AvgIpc) is 2.62. The third-order valence-electron chi connectivity index (χ3n) is 4.54. The molecule has 1 fully saturated rings. The predicted molar refractivity (Wildman–Crippen MR) is 91.4 cm³/mol. The van der Waals surface area contributed by atoms with Gasteiger partial charge in [0.25, 0.3) is 5.91 Å². The van der Waals surface area contributed by atoms with Gasteiger partial charge in [0, 0.05) is 15.6 Å². The number of benzene rings is 2. The molecule has 1 N–H and O–H groups in total. The smallest absolute Gasteiger partial charge is 0.252 e. The van der Waals surface area contributed by atoms with E-state index in [1.807, 2.05) is 18.2 Å². The molecule has 0 bridgehead atoms. The number of hydrogen-bond acceptors (Lipinski definition) is 2. The normalized spacial score (nSPS) is 18.5. The van der Waals surface area contributed by atoms with Crippen molar-refractivity contribution in [3.05, 3.63) is 63.9 Å². The Bertz CT molecular complexity index is 843. The van der Waals surface area contributed by atoms with Crippen molar-refractivity contribution in [2.24, 2.45) is 4.99 Å². The summed E-state index contributed by atoms with van der Waals surface area (Å²) in [4.78, 5) is 17.4. The number of anilines is 1. The maximum atomic E-state index is 14.4. The second-order valence-electron chi connectivity index (χ2n) is 5.97. The van der Waals surface area contributed by atoms with Gasteiger partial charge in [0.15, 0.2) is 0 Å². The van der Waals surface area contributed by atoms with Gasteiger partial charge in [-0.1, -0.05) is 28.1 Å². The van der Waals surface area contributed by atoms with Gasteiger partial charge in [0.2, 0.25) is 0 Å². The van der Waals surface area contributed by atoms with Crippen molar-refractivity contribution < 1.29 is 9.18 Å². The highest BCUT2D eigenvalue weighted by atomic mass is 79.9. The number of carbonyl (C=O) groups excluding carboxylic acids is 1. The molecule has 2 aliphatic rings. The van der Waals surface area contributed by atoms with Crippen LogP contribution in [0.3, 0.4) is 0 Å². The Morgan fingerprint density at radius 1 is 1.13 bits per heavy atom. The molecule has 2 aromatic rings. The molecule has 0 radical (unpaired) electrons. The lowest BCUT2D eigenvalue weighted by Crippen LogP contribution is -2.46. The molecule has 0 saturated heterocycles. The van der Waals surface area contributed by atoms with Gasteiger partial charge < -0.3 is 5.32 Å². The van der Waals surface area contributed by atoms with Crippen LogP contribution in [0.5, 0.6) is 0 Å². The summed E-state index contributed by atoms with van der Waals surface area (Å²) in [6.45, 7) is 0. The largest absolute Gasteiger partial charge is 0.323 e. The molecule has 1 aliphatic heterocycles. The van der Waals surface area contributed by atoms with Crippen molar-refractivity contribution in [1.82, 2.24) is 0 Å². The molecule has 4 rings (SSSR count). The van der Waals surface area contributed by atoms with Crippen molar-refractivity contribution in [2.75, 3.05) is 5.32 Å². The van der Waals surface area contributed by atoms with E-state index in [9.17, 15) is 9.18 Å². The van der Waals surface area contributed by atoms with Crippen LogP contribution in [0.1, 0.15) is 30.4 Å². The number of halogens is 2. The molecule has 1 amide bonds. The standard InChI is InChI=1S/C18H14BrFN2O/c19-11-6-7-15-13(10-11)16(12-4-1-2-5-14(12)20)22-18(8-3-9-18)17(23)21-15/h1-2,4-7,10H,3,8-9H2,(H,21,23). The Morgan fingerprint density at radius 3 is 2.61 bits per heavy atom. The van der Waals surface area contributed by atoms with Crippen molar-refractivity contribution in [3.8, 4) is 0 Å². The minimum atomic E-state index is -0.761. The third kappa shape index (κ3) is 2.30. The summed E-state index contributed by atoms with van der Waals surface area (Å²) in [6, 6.07) is 12.1. The Morgan fingerprint density at radius 2 is 1.91 bits per heavy atom. The van der Waals surface area contributed by atoms with Crippen LogP contribution in [-0.2, 0) is 4.79 Å². The lowest BCUT2D eigenvalue weighted by Gasteiger charge is -2.35. The van der Waals surface area contributed by atoms with E-state index in [1.165, 1.54) is 6.07 Å². The number of amides is 1. The highest BCUT2D eigenvalue weighted by Gasteiger charge is 2.46. The minimum Gasteiger partial charge on any atom is -0.323 e. The lowest BCUT2D eigenvalue weighted by atomic mass is 9.76. The number of rotatable bonds is 1. The first kappa shape index (κ1) is 14.6. The van der Waals surface area contributed by atoms with Crippen molar-refractivity contribution in [1.29, 1.82) is 0 Å². The first-order chi connectivity index (χ1) is 11.1. The van der Waals surface area contributed by atoms with E-state index in [0.717, 1.165) is 16.5 Å². The summed E-state index contributed by atoms with van der Waals surface area (Å²) in [7, 11) is 0. The zero-order valence-corrected chi connectivity index (χ0v) is 13.9. The molecule has 0 unspecified atom stereocenters.